The van der Waals surface area contributed by atoms with E-state index in [1.165, 1.54) is 6.39 Å². The van der Waals surface area contributed by atoms with Gasteiger partial charge in [0.2, 0.25) is 0 Å². The molecule has 0 saturated carbocycles. The van der Waals surface area contributed by atoms with Gasteiger partial charge in [0.1, 0.15) is 5.76 Å². The molecule has 0 unspecified atom stereocenters. The Morgan fingerprint density at radius 3 is 1.64 bits per heavy atom. The van der Waals surface area contributed by atoms with Gasteiger partial charge in [-0.1, -0.05) is 27.7 Å². The largest absolute Gasteiger partial charge is 0.449 e. The molecule has 0 N–H and O–H groups in total. The van der Waals surface area contributed by atoms with E-state index in [1.807, 2.05) is 41.5 Å². The summed E-state index contributed by atoms with van der Waals surface area (Å²) in [5.74, 6) is 0.903. The van der Waals surface area contributed by atoms with Crippen LogP contribution in [0.2, 0.25) is 0 Å². The van der Waals surface area contributed by atoms with Gasteiger partial charge in [0.15, 0.2) is 6.39 Å². The summed E-state index contributed by atoms with van der Waals surface area (Å²) in [4.78, 5) is 3.85. The Balaban J connectivity index is 0. The van der Waals surface area contributed by atoms with Crippen LogP contribution >= 0.6 is 0 Å². The molecular formula is C9H19NO. The van der Waals surface area contributed by atoms with E-state index in [4.69, 9.17) is 4.42 Å². The molecule has 1 heterocycles. The summed E-state index contributed by atoms with van der Waals surface area (Å²) in [5, 5.41) is 0. The van der Waals surface area contributed by atoms with E-state index < -0.39 is 0 Å². The molecule has 0 saturated heterocycles. The summed E-state index contributed by atoms with van der Waals surface area (Å²) >= 11 is 0. The van der Waals surface area contributed by atoms with Crippen molar-refractivity contribution in [1.82, 2.24) is 4.98 Å². The van der Waals surface area contributed by atoms with Crippen LogP contribution in [0, 0.1) is 13.8 Å². The lowest BCUT2D eigenvalue weighted by atomic mass is 10.4. The third kappa shape index (κ3) is 5.64. The minimum atomic E-state index is 0.903. The van der Waals surface area contributed by atoms with Crippen molar-refractivity contribution in [2.24, 2.45) is 0 Å². The van der Waals surface area contributed by atoms with Gasteiger partial charge in [-0.25, -0.2) is 4.98 Å². The Morgan fingerprint density at radius 2 is 1.55 bits per heavy atom. The average Bonchev–Trinajstić information content (AvgIpc) is 2.44. The number of rotatable bonds is 0. The first-order valence-electron chi connectivity index (χ1n) is 4.17. The SMILES string of the molecule is CC.CC.Cc1ncoc1C. The monoisotopic (exact) mass is 157 g/mol. The molecule has 1 rings (SSSR count). The van der Waals surface area contributed by atoms with Crippen LogP contribution in [0.5, 0.6) is 0 Å². The molecule has 0 aliphatic rings. The number of nitrogens with zero attached hydrogens (tertiary/aromatic N) is 1. The minimum absolute atomic E-state index is 0.903. The first-order valence-corrected chi connectivity index (χ1v) is 4.17. The van der Waals surface area contributed by atoms with E-state index in [2.05, 4.69) is 4.98 Å². The van der Waals surface area contributed by atoms with Gasteiger partial charge in [-0.15, -0.1) is 0 Å². The summed E-state index contributed by atoms with van der Waals surface area (Å²) in [5.41, 5.74) is 0.972. The topological polar surface area (TPSA) is 26.0 Å². The van der Waals surface area contributed by atoms with E-state index >= 15 is 0 Å². The van der Waals surface area contributed by atoms with Crippen molar-refractivity contribution < 1.29 is 4.42 Å². The van der Waals surface area contributed by atoms with Gasteiger partial charge in [0, 0.05) is 0 Å². The van der Waals surface area contributed by atoms with Crippen molar-refractivity contribution in [3.63, 3.8) is 0 Å². The summed E-state index contributed by atoms with van der Waals surface area (Å²) in [7, 11) is 0. The highest BCUT2D eigenvalue weighted by molar-refractivity contribution is 5.00. The summed E-state index contributed by atoms with van der Waals surface area (Å²) in [6.07, 6.45) is 1.45. The average molecular weight is 157 g/mol. The molecule has 0 aliphatic carbocycles. The fourth-order valence-corrected chi connectivity index (χ4v) is 0.361. The molecule has 1 aromatic rings. The number of oxazole rings is 1. The van der Waals surface area contributed by atoms with Crippen LogP contribution in [0.3, 0.4) is 0 Å². The van der Waals surface area contributed by atoms with Crippen molar-refractivity contribution in [3.05, 3.63) is 17.8 Å². The lowest BCUT2D eigenvalue weighted by Gasteiger charge is -1.76. The van der Waals surface area contributed by atoms with Crippen molar-refractivity contribution in [2.75, 3.05) is 0 Å². The molecular weight excluding hydrogens is 138 g/mol. The fraction of sp³-hybridized carbons (Fsp3) is 0.667. The molecule has 0 atom stereocenters. The molecule has 0 spiro atoms. The number of hydrogen-bond acceptors (Lipinski definition) is 2. The fourth-order valence-electron chi connectivity index (χ4n) is 0.361. The predicted molar refractivity (Wildman–Crippen MR) is 48.7 cm³/mol. The molecule has 2 nitrogen and oxygen atoms in total. The van der Waals surface area contributed by atoms with Crippen LogP contribution < -0.4 is 0 Å². The quantitative estimate of drug-likeness (QED) is 0.577. The van der Waals surface area contributed by atoms with Crippen LogP contribution in [0.4, 0.5) is 0 Å². The second-order valence-corrected chi connectivity index (χ2v) is 1.49. The number of aromatic nitrogens is 1. The van der Waals surface area contributed by atoms with E-state index in [9.17, 15) is 0 Å². The van der Waals surface area contributed by atoms with E-state index in [-0.39, 0.29) is 0 Å². The van der Waals surface area contributed by atoms with Gasteiger partial charge in [-0.2, -0.15) is 0 Å². The van der Waals surface area contributed by atoms with Gasteiger partial charge < -0.3 is 4.42 Å². The van der Waals surface area contributed by atoms with Crippen LogP contribution in [-0.4, -0.2) is 4.98 Å². The molecule has 66 valence electrons. The van der Waals surface area contributed by atoms with E-state index in [0.717, 1.165) is 11.5 Å². The summed E-state index contributed by atoms with van der Waals surface area (Å²) in [6.45, 7) is 11.8. The Kier molecular flexibility index (Phi) is 10.8. The van der Waals surface area contributed by atoms with Gasteiger partial charge in [-0.05, 0) is 13.8 Å². The zero-order valence-corrected chi connectivity index (χ0v) is 8.43. The smallest absolute Gasteiger partial charge is 0.181 e. The maximum absolute atomic E-state index is 4.85. The lowest BCUT2D eigenvalue weighted by Crippen LogP contribution is -1.69. The molecule has 1 aromatic heterocycles. The van der Waals surface area contributed by atoms with Crippen molar-refractivity contribution in [2.45, 2.75) is 41.5 Å². The third-order valence-electron chi connectivity index (χ3n) is 0.985. The van der Waals surface area contributed by atoms with Crippen molar-refractivity contribution >= 4 is 0 Å². The third-order valence-corrected chi connectivity index (χ3v) is 0.985. The minimum Gasteiger partial charge on any atom is -0.449 e. The molecule has 0 aliphatic heterocycles. The van der Waals surface area contributed by atoms with Crippen LogP contribution in [0.1, 0.15) is 39.1 Å². The van der Waals surface area contributed by atoms with Crippen LogP contribution in [0.15, 0.2) is 10.8 Å². The van der Waals surface area contributed by atoms with Crippen LogP contribution in [-0.2, 0) is 0 Å². The Labute approximate surface area is 69.6 Å². The molecule has 0 fully saturated rings. The summed E-state index contributed by atoms with van der Waals surface area (Å²) < 4.78 is 4.85. The lowest BCUT2D eigenvalue weighted by molar-refractivity contribution is 0.525. The highest BCUT2D eigenvalue weighted by Crippen LogP contribution is 1.99. The van der Waals surface area contributed by atoms with Gasteiger partial charge >= 0.3 is 0 Å². The molecule has 11 heavy (non-hydrogen) atoms. The first-order chi connectivity index (χ1) is 5.30. The molecule has 2 heteroatoms. The zero-order chi connectivity index (χ0) is 9.28. The van der Waals surface area contributed by atoms with E-state index in [0.29, 0.717) is 0 Å². The molecule has 0 bridgehead atoms. The Morgan fingerprint density at radius 1 is 1.09 bits per heavy atom. The van der Waals surface area contributed by atoms with Crippen molar-refractivity contribution in [1.29, 1.82) is 0 Å². The van der Waals surface area contributed by atoms with Gasteiger partial charge in [-0.3, -0.25) is 0 Å². The Bertz CT molecular complexity index is 142. The maximum atomic E-state index is 4.85. The standard InChI is InChI=1S/C5H7NO.2C2H6/c1-4-5(2)7-3-6-4;2*1-2/h3H,1-2H3;2*1-2H3. The second-order valence-electron chi connectivity index (χ2n) is 1.49. The highest BCUT2D eigenvalue weighted by atomic mass is 16.3. The molecule has 0 radical (unpaired) electrons. The number of aryl methyl sites for hydroxylation is 2. The van der Waals surface area contributed by atoms with Gasteiger partial charge in [0.25, 0.3) is 0 Å². The van der Waals surface area contributed by atoms with Crippen molar-refractivity contribution in [3.8, 4) is 0 Å². The maximum Gasteiger partial charge on any atom is 0.181 e. The normalized spacial score (nSPS) is 7.09. The zero-order valence-electron chi connectivity index (χ0n) is 8.43. The first kappa shape index (κ1) is 12.8. The molecule has 0 aromatic carbocycles. The van der Waals surface area contributed by atoms with Crippen LogP contribution in [0.25, 0.3) is 0 Å². The molecule has 0 amide bonds. The Hall–Kier alpha value is -0.790. The van der Waals surface area contributed by atoms with Gasteiger partial charge in [0.05, 0.1) is 5.69 Å². The summed E-state index contributed by atoms with van der Waals surface area (Å²) in [6, 6.07) is 0. The predicted octanol–water partition coefficient (Wildman–Crippen LogP) is 3.34. The highest BCUT2D eigenvalue weighted by Gasteiger charge is 1.90. The van der Waals surface area contributed by atoms with E-state index in [1.54, 1.807) is 0 Å². The number of hydrogen-bond donors (Lipinski definition) is 0. The second kappa shape index (κ2) is 9.21.